The molecule has 4 atom stereocenters. The minimum atomic E-state index is -1.20. The summed E-state index contributed by atoms with van der Waals surface area (Å²) in [6, 6.07) is 3.65. The first kappa shape index (κ1) is 20.7. The lowest BCUT2D eigenvalue weighted by atomic mass is 9.84. The van der Waals surface area contributed by atoms with Gasteiger partial charge in [-0.1, -0.05) is 19.9 Å². The van der Waals surface area contributed by atoms with E-state index < -0.39 is 11.7 Å². The number of esters is 1. The third kappa shape index (κ3) is 3.36. The van der Waals surface area contributed by atoms with Crippen LogP contribution in [-0.4, -0.2) is 33.5 Å². The van der Waals surface area contributed by atoms with Crippen molar-refractivity contribution in [2.45, 2.75) is 90.4 Å². The van der Waals surface area contributed by atoms with Crippen LogP contribution in [0.5, 0.6) is 11.5 Å². The predicted octanol–water partition coefficient (Wildman–Crippen LogP) is 3.81. The molecule has 1 aliphatic heterocycles. The zero-order chi connectivity index (χ0) is 21.2. The molecule has 4 rings (SSSR count). The van der Waals surface area contributed by atoms with Crippen molar-refractivity contribution in [2.24, 2.45) is 17.3 Å². The number of ether oxygens (including phenoxy) is 2. The summed E-state index contributed by atoms with van der Waals surface area (Å²) >= 11 is 0. The largest absolute Gasteiger partial charge is 0.486 e. The minimum absolute atomic E-state index is 0.152. The SMILES string of the molecule is CC(=O)Oc1ccc(C[C@@H](O)C(C)(C)O)c2c1CC[C@@]1(CC[C@@]3(C(C)C)C[C@@H]13)O2. The second-order valence-corrected chi connectivity index (χ2v) is 10.3. The van der Waals surface area contributed by atoms with E-state index in [1.807, 2.05) is 6.07 Å². The monoisotopic (exact) mass is 402 g/mol. The molecule has 1 aromatic carbocycles. The molecule has 2 saturated carbocycles. The highest BCUT2D eigenvalue weighted by Crippen LogP contribution is 2.73. The Morgan fingerprint density at radius 2 is 2.03 bits per heavy atom. The minimum Gasteiger partial charge on any atom is -0.486 e. The number of aliphatic hydroxyl groups is 2. The molecule has 2 aliphatic carbocycles. The van der Waals surface area contributed by atoms with E-state index >= 15 is 0 Å². The summed E-state index contributed by atoms with van der Waals surface area (Å²) in [4.78, 5) is 11.6. The molecule has 0 amide bonds. The molecule has 160 valence electrons. The second-order valence-electron chi connectivity index (χ2n) is 10.3. The molecule has 1 aromatic rings. The first-order valence-corrected chi connectivity index (χ1v) is 10.9. The van der Waals surface area contributed by atoms with Crippen LogP contribution in [-0.2, 0) is 17.6 Å². The number of hydrogen-bond acceptors (Lipinski definition) is 5. The van der Waals surface area contributed by atoms with Gasteiger partial charge in [-0.2, -0.15) is 0 Å². The van der Waals surface area contributed by atoms with Gasteiger partial charge in [0.25, 0.3) is 0 Å². The van der Waals surface area contributed by atoms with Crippen LogP contribution in [0.2, 0.25) is 0 Å². The van der Waals surface area contributed by atoms with E-state index in [2.05, 4.69) is 13.8 Å². The van der Waals surface area contributed by atoms with Crippen molar-refractivity contribution in [3.8, 4) is 11.5 Å². The number of carbonyl (C=O) groups excluding carboxylic acids is 1. The Labute approximate surface area is 173 Å². The standard InChI is InChI=1S/C24H34O5/c1-14(2)23-10-11-24(19(23)13-23)9-8-17-18(28-15(3)25)7-6-16(21(17)29-24)12-20(26)22(4,5)27/h6-7,14,19-20,26-27H,8-13H2,1-5H3/t19-,20-,23+,24+/m1/s1. The van der Waals surface area contributed by atoms with Crippen molar-refractivity contribution in [3.63, 3.8) is 0 Å². The van der Waals surface area contributed by atoms with Crippen LogP contribution in [0.4, 0.5) is 0 Å². The van der Waals surface area contributed by atoms with Crippen molar-refractivity contribution in [2.75, 3.05) is 0 Å². The van der Waals surface area contributed by atoms with Crippen LogP contribution in [0.3, 0.4) is 0 Å². The Hall–Kier alpha value is -1.59. The summed E-state index contributed by atoms with van der Waals surface area (Å²) in [6.45, 7) is 9.26. The molecule has 5 heteroatoms. The van der Waals surface area contributed by atoms with E-state index in [0.717, 1.165) is 36.1 Å². The molecule has 5 nitrogen and oxygen atoms in total. The lowest BCUT2D eigenvalue weighted by molar-refractivity contribution is -0.131. The Kier molecular flexibility index (Phi) is 4.78. The Morgan fingerprint density at radius 3 is 2.59 bits per heavy atom. The van der Waals surface area contributed by atoms with Crippen molar-refractivity contribution in [3.05, 3.63) is 23.3 Å². The Bertz CT molecular complexity index is 823. The predicted molar refractivity (Wildman–Crippen MR) is 110 cm³/mol. The lowest BCUT2D eigenvalue weighted by Gasteiger charge is -2.39. The van der Waals surface area contributed by atoms with Gasteiger partial charge in [-0.3, -0.25) is 4.79 Å². The maximum absolute atomic E-state index is 11.6. The third-order valence-corrected chi connectivity index (χ3v) is 7.80. The van der Waals surface area contributed by atoms with Gasteiger partial charge in [0.2, 0.25) is 0 Å². The first-order chi connectivity index (χ1) is 13.5. The summed E-state index contributed by atoms with van der Waals surface area (Å²) in [5, 5.41) is 20.7. The van der Waals surface area contributed by atoms with Crippen molar-refractivity contribution < 1.29 is 24.5 Å². The second kappa shape index (κ2) is 6.71. The van der Waals surface area contributed by atoms with Gasteiger partial charge in [-0.15, -0.1) is 0 Å². The zero-order valence-electron chi connectivity index (χ0n) is 18.2. The number of fused-ring (bicyclic) bond motifs is 3. The van der Waals surface area contributed by atoms with Crippen molar-refractivity contribution >= 4 is 5.97 Å². The molecule has 2 fully saturated rings. The first-order valence-electron chi connectivity index (χ1n) is 10.9. The van der Waals surface area contributed by atoms with E-state index in [4.69, 9.17) is 9.47 Å². The van der Waals surface area contributed by atoms with Gasteiger partial charge in [0, 0.05) is 24.8 Å². The summed E-state index contributed by atoms with van der Waals surface area (Å²) in [5.74, 6) is 2.18. The number of carbonyl (C=O) groups is 1. The van der Waals surface area contributed by atoms with E-state index in [1.54, 1.807) is 19.9 Å². The van der Waals surface area contributed by atoms with Gasteiger partial charge in [0.15, 0.2) is 0 Å². The Morgan fingerprint density at radius 1 is 1.31 bits per heavy atom. The topological polar surface area (TPSA) is 76.0 Å². The lowest BCUT2D eigenvalue weighted by Crippen LogP contribution is -2.41. The zero-order valence-corrected chi connectivity index (χ0v) is 18.2. The fraction of sp³-hybridized carbons (Fsp3) is 0.708. The number of benzene rings is 1. The molecule has 2 N–H and O–H groups in total. The van der Waals surface area contributed by atoms with Crippen LogP contribution in [0.25, 0.3) is 0 Å². The maximum atomic E-state index is 11.6. The molecule has 29 heavy (non-hydrogen) atoms. The van der Waals surface area contributed by atoms with Crippen LogP contribution in [0.15, 0.2) is 12.1 Å². The van der Waals surface area contributed by atoms with Crippen molar-refractivity contribution in [1.82, 2.24) is 0 Å². The van der Waals surface area contributed by atoms with Crippen LogP contribution in [0, 0.1) is 17.3 Å². The summed E-state index contributed by atoms with van der Waals surface area (Å²) < 4.78 is 12.2. The molecule has 3 aliphatic rings. The average molecular weight is 403 g/mol. The van der Waals surface area contributed by atoms with Gasteiger partial charge < -0.3 is 19.7 Å². The fourth-order valence-corrected chi connectivity index (χ4v) is 5.76. The molecular weight excluding hydrogens is 368 g/mol. The summed E-state index contributed by atoms with van der Waals surface area (Å²) in [6.07, 6.45) is 4.61. The van der Waals surface area contributed by atoms with Crippen LogP contribution in [0.1, 0.15) is 71.4 Å². The fourth-order valence-electron chi connectivity index (χ4n) is 5.76. The van der Waals surface area contributed by atoms with Gasteiger partial charge in [0.1, 0.15) is 17.1 Å². The molecule has 0 radical (unpaired) electrons. The molecule has 0 bridgehead atoms. The van der Waals surface area contributed by atoms with Gasteiger partial charge >= 0.3 is 5.97 Å². The third-order valence-electron chi connectivity index (χ3n) is 7.80. The van der Waals surface area contributed by atoms with Crippen LogP contribution >= 0.6 is 0 Å². The Balaban J connectivity index is 1.69. The van der Waals surface area contributed by atoms with Gasteiger partial charge in [0.05, 0.1) is 11.7 Å². The maximum Gasteiger partial charge on any atom is 0.308 e. The number of hydrogen-bond donors (Lipinski definition) is 2. The highest BCUT2D eigenvalue weighted by Gasteiger charge is 2.70. The average Bonchev–Trinajstić information content (AvgIpc) is 3.31. The number of aliphatic hydroxyl groups excluding tert-OH is 1. The molecule has 0 unspecified atom stereocenters. The van der Waals surface area contributed by atoms with Gasteiger partial charge in [-0.25, -0.2) is 0 Å². The normalized spacial score (nSPS) is 31.2. The smallest absolute Gasteiger partial charge is 0.308 e. The number of rotatable bonds is 5. The van der Waals surface area contributed by atoms with Crippen LogP contribution < -0.4 is 9.47 Å². The molecule has 0 saturated heterocycles. The summed E-state index contributed by atoms with van der Waals surface area (Å²) in [5.41, 5.74) is 0.837. The highest BCUT2D eigenvalue weighted by molar-refractivity contribution is 5.70. The van der Waals surface area contributed by atoms with Gasteiger partial charge in [-0.05, 0) is 68.9 Å². The summed E-state index contributed by atoms with van der Waals surface area (Å²) in [7, 11) is 0. The quantitative estimate of drug-likeness (QED) is 0.579. The van der Waals surface area contributed by atoms with E-state index in [0.29, 0.717) is 29.4 Å². The highest BCUT2D eigenvalue weighted by atomic mass is 16.5. The molecule has 0 aromatic heterocycles. The van der Waals surface area contributed by atoms with E-state index in [1.165, 1.54) is 19.8 Å². The molecule has 1 spiro atoms. The van der Waals surface area contributed by atoms with E-state index in [-0.39, 0.29) is 11.6 Å². The van der Waals surface area contributed by atoms with E-state index in [9.17, 15) is 15.0 Å². The molecular formula is C24H34O5. The van der Waals surface area contributed by atoms with Crippen molar-refractivity contribution in [1.29, 1.82) is 0 Å². The molecule has 1 heterocycles.